The van der Waals surface area contributed by atoms with Crippen LogP contribution in [0.25, 0.3) is 10.9 Å². The van der Waals surface area contributed by atoms with Gasteiger partial charge in [0.2, 0.25) is 0 Å². The molecule has 7 nitrogen and oxygen atoms in total. The summed E-state index contributed by atoms with van der Waals surface area (Å²) < 4.78 is 6.90. The zero-order valence-corrected chi connectivity index (χ0v) is 17.2. The van der Waals surface area contributed by atoms with Crippen LogP contribution in [0.1, 0.15) is 42.4 Å². The van der Waals surface area contributed by atoms with Crippen LogP contribution in [-0.4, -0.2) is 41.8 Å². The van der Waals surface area contributed by atoms with Crippen LogP contribution in [0.2, 0.25) is 18.1 Å². The molecule has 0 saturated carbocycles. The first kappa shape index (κ1) is 20.7. The van der Waals surface area contributed by atoms with Crippen molar-refractivity contribution in [1.82, 2.24) is 4.57 Å². The lowest BCUT2D eigenvalue weighted by atomic mass is 10.1. The lowest BCUT2D eigenvalue weighted by molar-refractivity contribution is 0.0683. The molecule has 8 heteroatoms. The van der Waals surface area contributed by atoms with E-state index in [4.69, 9.17) is 9.69 Å². The number of carboxylic acids is 1. The molecule has 144 valence electrons. The minimum absolute atomic E-state index is 0.00562. The Balaban J connectivity index is 2.54. The Hall–Kier alpha value is -2.63. The van der Waals surface area contributed by atoms with E-state index < -0.39 is 20.4 Å². The molecule has 0 spiro atoms. The highest BCUT2D eigenvalue weighted by atomic mass is 28.4. The summed E-state index contributed by atoms with van der Waals surface area (Å²) in [5.74, 6) is -1.32. The van der Waals surface area contributed by atoms with Crippen molar-refractivity contribution in [2.75, 3.05) is 6.61 Å². The standard InChI is InChI=1S/C19H24N2O5Si/c1-19(2,3)27(4,5)26-9-8-13-14-10-12(11-20)6-7-15(14)21(18(24)25)16(13)17(22)23/h6-7,10H,8-9H2,1-5H3,(H,22,23)(H,24,25). The summed E-state index contributed by atoms with van der Waals surface area (Å²) in [6.45, 7) is 10.8. The summed E-state index contributed by atoms with van der Waals surface area (Å²) in [5.41, 5.74) is 0.664. The molecule has 2 N–H and O–H groups in total. The third kappa shape index (κ3) is 3.89. The predicted octanol–water partition coefficient (Wildman–Crippen LogP) is 4.30. The fourth-order valence-corrected chi connectivity index (χ4v) is 3.77. The fourth-order valence-electron chi connectivity index (χ4n) is 2.73. The van der Waals surface area contributed by atoms with E-state index >= 15 is 0 Å². The van der Waals surface area contributed by atoms with Crippen LogP contribution in [0.4, 0.5) is 4.79 Å². The first-order chi connectivity index (χ1) is 12.4. The molecule has 0 bridgehead atoms. The predicted molar refractivity (Wildman–Crippen MR) is 104 cm³/mol. The van der Waals surface area contributed by atoms with Gasteiger partial charge in [-0.25, -0.2) is 14.2 Å². The first-order valence-corrected chi connectivity index (χ1v) is 11.5. The van der Waals surface area contributed by atoms with E-state index in [2.05, 4.69) is 33.9 Å². The lowest BCUT2D eigenvalue weighted by Gasteiger charge is -2.36. The molecule has 0 aliphatic rings. The molecule has 2 aromatic rings. The number of benzene rings is 1. The Morgan fingerprint density at radius 2 is 1.89 bits per heavy atom. The normalized spacial score (nSPS) is 12.1. The van der Waals surface area contributed by atoms with Gasteiger partial charge in [0.15, 0.2) is 8.32 Å². The number of carboxylic acid groups (broad SMARTS) is 2. The molecule has 0 radical (unpaired) electrons. The zero-order chi connectivity index (χ0) is 20.6. The molecule has 0 unspecified atom stereocenters. The Labute approximate surface area is 158 Å². The van der Waals surface area contributed by atoms with Crippen LogP contribution in [-0.2, 0) is 10.8 Å². The second kappa shape index (κ2) is 7.17. The number of carbonyl (C=O) groups is 2. The zero-order valence-electron chi connectivity index (χ0n) is 16.2. The summed E-state index contributed by atoms with van der Waals surface area (Å²) in [6.07, 6.45) is -1.13. The van der Waals surface area contributed by atoms with Gasteiger partial charge in [-0.2, -0.15) is 5.26 Å². The van der Waals surface area contributed by atoms with E-state index in [0.717, 1.165) is 4.57 Å². The summed E-state index contributed by atoms with van der Waals surface area (Å²) in [5, 5.41) is 28.8. The number of fused-ring (bicyclic) bond motifs is 1. The summed E-state index contributed by atoms with van der Waals surface area (Å²) >= 11 is 0. The van der Waals surface area contributed by atoms with Gasteiger partial charge in [0.05, 0.1) is 17.1 Å². The van der Waals surface area contributed by atoms with Crippen LogP contribution in [0.5, 0.6) is 0 Å². The summed E-state index contributed by atoms with van der Waals surface area (Å²) in [7, 11) is -2.03. The Morgan fingerprint density at radius 1 is 1.26 bits per heavy atom. The maximum absolute atomic E-state index is 11.8. The summed E-state index contributed by atoms with van der Waals surface area (Å²) in [4.78, 5) is 23.5. The third-order valence-electron chi connectivity index (χ3n) is 5.22. The van der Waals surface area contributed by atoms with Gasteiger partial charge < -0.3 is 14.6 Å². The second-order valence-electron chi connectivity index (χ2n) is 7.95. The summed E-state index contributed by atoms with van der Waals surface area (Å²) in [6, 6.07) is 6.48. The highest BCUT2D eigenvalue weighted by molar-refractivity contribution is 6.74. The van der Waals surface area contributed by atoms with Crippen molar-refractivity contribution in [3.63, 3.8) is 0 Å². The van der Waals surface area contributed by atoms with Gasteiger partial charge in [0.1, 0.15) is 5.69 Å². The number of nitriles is 1. The van der Waals surface area contributed by atoms with E-state index in [1.54, 1.807) is 0 Å². The van der Waals surface area contributed by atoms with Gasteiger partial charge in [-0.15, -0.1) is 0 Å². The fraction of sp³-hybridized carbons (Fsp3) is 0.421. The minimum atomic E-state index is -2.03. The number of hydrogen-bond acceptors (Lipinski definition) is 4. The maximum Gasteiger partial charge on any atom is 0.416 e. The number of rotatable bonds is 5. The Kier molecular flexibility index (Phi) is 5.49. The molecule has 0 fully saturated rings. The Bertz CT molecular complexity index is 948. The molecule has 0 aliphatic carbocycles. The SMILES string of the molecule is CC(C)(C)[Si](C)(C)OCCc1c(C(=O)O)n(C(=O)O)c2ccc(C#N)cc12. The van der Waals surface area contributed by atoms with Gasteiger partial charge in [-0.05, 0) is 48.3 Å². The third-order valence-corrected chi connectivity index (χ3v) is 9.75. The van der Waals surface area contributed by atoms with E-state index in [-0.39, 0.29) is 29.3 Å². The minimum Gasteiger partial charge on any atom is -0.477 e. The number of hydrogen-bond donors (Lipinski definition) is 2. The molecule has 0 atom stereocenters. The molecule has 0 amide bonds. The first-order valence-electron chi connectivity index (χ1n) is 8.58. The van der Waals surface area contributed by atoms with Crippen molar-refractivity contribution < 1.29 is 24.2 Å². The monoisotopic (exact) mass is 388 g/mol. The quantitative estimate of drug-likeness (QED) is 0.738. The number of aromatic carboxylic acids is 1. The van der Waals surface area contributed by atoms with E-state index in [1.807, 2.05) is 6.07 Å². The van der Waals surface area contributed by atoms with Crippen LogP contribution >= 0.6 is 0 Å². The maximum atomic E-state index is 11.8. The van der Waals surface area contributed by atoms with Crippen LogP contribution in [0.3, 0.4) is 0 Å². The van der Waals surface area contributed by atoms with Crippen LogP contribution in [0.15, 0.2) is 18.2 Å². The molecule has 1 aromatic carbocycles. The van der Waals surface area contributed by atoms with Crippen molar-refractivity contribution in [3.05, 3.63) is 35.0 Å². The average Bonchev–Trinajstić information content (AvgIpc) is 2.87. The molecular formula is C19H24N2O5Si. The largest absolute Gasteiger partial charge is 0.477 e. The van der Waals surface area contributed by atoms with Crippen LogP contribution < -0.4 is 0 Å². The molecule has 0 saturated heterocycles. The highest BCUT2D eigenvalue weighted by Gasteiger charge is 2.37. The van der Waals surface area contributed by atoms with Gasteiger partial charge in [-0.1, -0.05) is 20.8 Å². The molecular weight excluding hydrogens is 364 g/mol. The van der Waals surface area contributed by atoms with Gasteiger partial charge in [-0.3, -0.25) is 0 Å². The molecule has 1 aromatic heterocycles. The number of nitrogens with zero attached hydrogens (tertiary/aromatic N) is 2. The van der Waals surface area contributed by atoms with Crippen molar-refractivity contribution in [2.45, 2.75) is 45.3 Å². The molecule has 27 heavy (non-hydrogen) atoms. The van der Waals surface area contributed by atoms with Gasteiger partial charge in [0, 0.05) is 12.0 Å². The van der Waals surface area contributed by atoms with Gasteiger partial charge in [0.25, 0.3) is 0 Å². The van der Waals surface area contributed by atoms with Crippen molar-refractivity contribution >= 4 is 31.3 Å². The molecule has 1 heterocycles. The highest BCUT2D eigenvalue weighted by Crippen LogP contribution is 2.37. The second-order valence-corrected chi connectivity index (χ2v) is 12.8. The van der Waals surface area contributed by atoms with Crippen molar-refractivity contribution in [3.8, 4) is 6.07 Å². The molecule has 0 aliphatic heterocycles. The van der Waals surface area contributed by atoms with E-state index in [1.165, 1.54) is 18.2 Å². The topological polar surface area (TPSA) is 113 Å². The average molecular weight is 388 g/mol. The van der Waals surface area contributed by atoms with E-state index in [9.17, 15) is 19.8 Å². The van der Waals surface area contributed by atoms with Crippen molar-refractivity contribution in [2.24, 2.45) is 0 Å². The van der Waals surface area contributed by atoms with Gasteiger partial charge >= 0.3 is 12.1 Å². The smallest absolute Gasteiger partial charge is 0.416 e. The molecule has 2 rings (SSSR count). The number of aromatic nitrogens is 1. The lowest BCUT2D eigenvalue weighted by Crippen LogP contribution is -2.41. The van der Waals surface area contributed by atoms with Crippen molar-refractivity contribution in [1.29, 1.82) is 5.26 Å². The van der Waals surface area contributed by atoms with E-state index in [0.29, 0.717) is 16.5 Å². The Morgan fingerprint density at radius 3 is 2.37 bits per heavy atom. The van der Waals surface area contributed by atoms with Crippen LogP contribution in [0, 0.1) is 11.3 Å².